The number of amides is 1. The molecule has 0 aliphatic rings. The number of benzene rings is 3. The summed E-state index contributed by atoms with van der Waals surface area (Å²) in [6.07, 6.45) is 0.589. The monoisotopic (exact) mass is 519 g/mol. The summed E-state index contributed by atoms with van der Waals surface area (Å²) in [6, 6.07) is 19.9. The van der Waals surface area contributed by atoms with E-state index in [-0.39, 0.29) is 23.7 Å². The smallest absolute Gasteiger partial charge is 0.412 e. The van der Waals surface area contributed by atoms with Crippen LogP contribution in [0.4, 0.5) is 10.5 Å². The Morgan fingerprint density at radius 3 is 2.32 bits per heavy atom. The van der Waals surface area contributed by atoms with Gasteiger partial charge < -0.3 is 24.4 Å². The molecule has 1 amide bonds. The number of anilines is 1. The molecule has 0 fully saturated rings. The third kappa shape index (κ3) is 8.12. The average molecular weight is 520 g/mol. The van der Waals surface area contributed by atoms with Crippen LogP contribution in [0.2, 0.25) is 0 Å². The molecule has 9 nitrogen and oxygen atoms in total. The van der Waals surface area contributed by atoms with Gasteiger partial charge in [0.25, 0.3) is 0 Å². The lowest BCUT2D eigenvalue weighted by Gasteiger charge is -2.28. The van der Waals surface area contributed by atoms with Crippen LogP contribution in [-0.4, -0.2) is 41.3 Å². The number of aliphatic carboxylic acids is 1. The van der Waals surface area contributed by atoms with Gasteiger partial charge in [0.1, 0.15) is 11.9 Å². The molecular formula is C29H29NO8. The van der Waals surface area contributed by atoms with Gasteiger partial charge in [0.05, 0.1) is 7.11 Å². The molecule has 0 unspecified atom stereocenters. The van der Waals surface area contributed by atoms with Crippen LogP contribution in [-0.2, 0) is 9.53 Å². The topological polar surface area (TPSA) is 131 Å². The first-order valence-corrected chi connectivity index (χ1v) is 11.8. The van der Waals surface area contributed by atoms with Crippen molar-refractivity contribution in [2.75, 3.05) is 12.4 Å². The molecule has 3 aromatic rings. The molecule has 0 spiro atoms. The normalized spacial score (nSPS) is 12.4. The van der Waals surface area contributed by atoms with Crippen LogP contribution in [0.15, 0.2) is 84.9 Å². The molecule has 38 heavy (non-hydrogen) atoms. The highest BCUT2D eigenvalue weighted by Crippen LogP contribution is 2.34. The minimum Gasteiger partial charge on any atom is -0.504 e. The van der Waals surface area contributed by atoms with E-state index in [1.54, 1.807) is 60.7 Å². The number of carbonyl (C=O) groups is 3. The Hall–Kier alpha value is -4.79. The van der Waals surface area contributed by atoms with Gasteiger partial charge >= 0.3 is 12.1 Å². The van der Waals surface area contributed by atoms with Gasteiger partial charge in [-0.05, 0) is 68.3 Å². The van der Waals surface area contributed by atoms with E-state index in [2.05, 4.69) is 5.32 Å². The van der Waals surface area contributed by atoms with Crippen molar-refractivity contribution < 1.29 is 38.8 Å². The zero-order valence-corrected chi connectivity index (χ0v) is 21.0. The van der Waals surface area contributed by atoms with Gasteiger partial charge in [-0.3, -0.25) is 10.1 Å². The number of ether oxygens (including phenoxy) is 3. The number of Topliss-reactive ketones (excluding diaryl/α,β-unsaturated/α-hetero) is 1. The summed E-state index contributed by atoms with van der Waals surface area (Å²) >= 11 is 0. The summed E-state index contributed by atoms with van der Waals surface area (Å²) in [7, 11) is 1.42. The highest BCUT2D eigenvalue weighted by molar-refractivity contribution is 5.95. The van der Waals surface area contributed by atoms with E-state index in [1.807, 2.05) is 6.07 Å². The molecule has 0 saturated carbocycles. The van der Waals surface area contributed by atoms with E-state index in [9.17, 15) is 19.5 Å². The van der Waals surface area contributed by atoms with Gasteiger partial charge in [0.2, 0.25) is 0 Å². The van der Waals surface area contributed by atoms with Crippen LogP contribution in [0.3, 0.4) is 0 Å². The Labute approximate surface area is 220 Å². The van der Waals surface area contributed by atoms with E-state index in [1.165, 1.54) is 26.2 Å². The number of hydrogen-bond acceptors (Lipinski definition) is 7. The van der Waals surface area contributed by atoms with Gasteiger partial charge in [-0.1, -0.05) is 30.3 Å². The number of hydrogen-bond donors (Lipinski definition) is 3. The zero-order valence-electron chi connectivity index (χ0n) is 21.0. The van der Waals surface area contributed by atoms with Crippen molar-refractivity contribution in [3.63, 3.8) is 0 Å². The van der Waals surface area contributed by atoms with Crippen molar-refractivity contribution in [3.05, 3.63) is 96.1 Å². The quantitative estimate of drug-likeness (QED) is 0.203. The van der Waals surface area contributed by atoms with E-state index in [4.69, 9.17) is 19.3 Å². The zero-order chi connectivity index (χ0) is 27.5. The molecule has 9 heteroatoms. The number of methoxy groups -OCH3 is 1. The fourth-order valence-corrected chi connectivity index (χ4v) is 3.68. The third-order valence-electron chi connectivity index (χ3n) is 5.55. The lowest BCUT2D eigenvalue weighted by Crippen LogP contribution is -2.31. The number of carboxylic acid groups (broad SMARTS) is 1. The number of rotatable bonds is 12. The molecule has 0 radical (unpaired) electrons. The number of allylic oxidation sites excluding steroid dienone is 1. The maximum atomic E-state index is 13.0. The van der Waals surface area contributed by atoms with E-state index in [0.717, 1.165) is 6.08 Å². The molecule has 3 rings (SSSR count). The largest absolute Gasteiger partial charge is 0.504 e. The summed E-state index contributed by atoms with van der Waals surface area (Å²) < 4.78 is 17.2. The number of phenols is 1. The van der Waals surface area contributed by atoms with Crippen molar-refractivity contribution in [2.24, 2.45) is 0 Å². The Bertz CT molecular complexity index is 1270. The number of phenolic OH excluding ortho intramolecular Hbond substituents is 1. The van der Waals surface area contributed by atoms with Gasteiger partial charge in [0.15, 0.2) is 23.4 Å². The molecule has 2 atom stereocenters. The highest BCUT2D eigenvalue weighted by Gasteiger charge is 2.30. The summed E-state index contributed by atoms with van der Waals surface area (Å²) in [5.41, 5.74) is 1.36. The molecule has 0 aliphatic heterocycles. The molecule has 0 aromatic heterocycles. The second kappa shape index (κ2) is 13.5. The van der Waals surface area contributed by atoms with Crippen molar-refractivity contribution in [2.45, 2.75) is 32.0 Å². The highest BCUT2D eigenvalue weighted by atomic mass is 16.6. The van der Waals surface area contributed by atoms with Crippen LogP contribution in [0.5, 0.6) is 17.2 Å². The Morgan fingerprint density at radius 2 is 1.71 bits per heavy atom. The summed E-state index contributed by atoms with van der Waals surface area (Å²) in [5, 5.41) is 22.0. The van der Waals surface area contributed by atoms with Gasteiger partial charge in [-0.25, -0.2) is 9.59 Å². The molecular weight excluding hydrogens is 490 g/mol. The standard InChI is InChI=1S/C29H29NO8/c1-19(31)20-12-15-22(16-13-20)30-29(35)38-28(21-14-17-25(36-2)24(32)18-21)26(10-6-7-11-27(33)34)37-23-8-4-3-5-9-23/h3-5,7-9,11-18,26,28,32H,6,10H2,1-2H3,(H,30,35)(H,33,34)/b11-7+/t26-,28-/m1/s1. The number of nitrogens with one attached hydrogen (secondary N) is 1. The van der Waals surface area contributed by atoms with Crippen molar-refractivity contribution in [1.82, 2.24) is 0 Å². The molecule has 0 aliphatic carbocycles. The molecule has 0 heterocycles. The number of aromatic hydroxyl groups is 1. The molecule has 198 valence electrons. The van der Waals surface area contributed by atoms with Crippen molar-refractivity contribution in [1.29, 1.82) is 0 Å². The molecule has 0 saturated heterocycles. The van der Waals surface area contributed by atoms with Crippen LogP contribution >= 0.6 is 0 Å². The summed E-state index contributed by atoms with van der Waals surface area (Å²) in [5.74, 6) is -0.563. The van der Waals surface area contributed by atoms with Gasteiger partial charge in [-0.15, -0.1) is 0 Å². The second-order valence-corrected chi connectivity index (χ2v) is 8.30. The second-order valence-electron chi connectivity index (χ2n) is 8.30. The van der Waals surface area contributed by atoms with E-state index in [0.29, 0.717) is 29.0 Å². The predicted molar refractivity (Wildman–Crippen MR) is 141 cm³/mol. The Balaban J connectivity index is 1.91. The van der Waals surface area contributed by atoms with Crippen LogP contribution in [0, 0.1) is 0 Å². The lowest BCUT2D eigenvalue weighted by molar-refractivity contribution is -0.131. The minimum absolute atomic E-state index is 0.101. The number of carbonyl (C=O) groups excluding carboxylic acids is 2. The van der Waals surface area contributed by atoms with E-state index >= 15 is 0 Å². The molecule has 0 bridgehead atoms. The fourth-order valence-electron chi connectivity index (χ4n) is 3.68. The van der Waals surface area contributed by atoms with Crippen LogP contribution in [0.25, 0.3) is 0 Å². The SMILES string of the molecule is COc1ccc([C@@H](OC(=O)Nc2ccc(C(C)=O)cc2)[C@@H](CC/C=C/C(=O)O)Oc2ccccc2)cc1O. The average Bonchev–Trinajstić information content (AvgIpc) is 2.90. The number of ketones is 1. The first kappa shape index (κ1) is 27.8. The number of para-hydroxylation sites is 1. The molecule has 3 aromatic carbocycles. The predicted octanol–water partition coefficient (Wildman–Crippen LogP) is 5.76. The Morgan fingerprint density at radius 1 is 1.00 bits per heavy atom. The number of carboxylic acids is 1. The maximum Gasteiger partial charge on any atom is 0.412 e. The van der Waals surface area contributed by atoms with Gasteiger partial charge in [0, 0.05) is 22.9 Å². The van der Waals surface area contributed by atoms with Crippen LogP contribution < -0.4 is 14.8 Å². The Kier molecular flexibility index (Phi) is 9.87. The molecule has 3 N–H and O–H groups in total. The minimum atomic E-state index is -1.08. The lowest BCUT2D eigenvalue weighted by atomic mass is 9.99. The fraction of sp³-hybridized carbons (Fsp3) is 0.207. The van der Waals surface area contributed by atoms with Crippen LogP contribution in [0.1, 0.15) is 41.8 Å². The maximum absolute atomic E-state index is 13.0. The first-order chi connectivity index (χ1) is 18.3. The summed E-state index contributed by atoms with van der Waals surface area (Å²) in [6.45, 7) is 1.45. The van der Waals surface area contributed by atoms with Crippen molar-refractivity contribution in [3.8, 4) is 17.2 Å². The van der Waals surface area contributed by atoms with Gasteiger partial charge in [-0.2, -0.15) is 0 Å². The summed E-state index contributed by atoms with van der Waals surface area (Å²) in [4.78, 5) is 35.4. The van der Waals surface area contributed by atoms with E-state index < -0.39 is 24.3 Å². The first-order valence-electron chi connectivity index (χ1n) is 11.8. The van der Waals surface area contributed by atoms with Crippen molar-refractivity contribution >= 4 is 23.5 Å². The third-order valence-corrected chi connectivity index (χ3v) is 5.55.